The summed E-state index contributed by atoms with van der Waals surface area (Å²) >= 11 is 0. The molecule has 2 aliphatic carbocycles. The van der Waals surface area contributed by atoms with Gasteiger partial charge in [0.25, 0.3) is 0 Å². The minimum atomic E-state index is -0.0114. The van der Waals surface area contributed by atoms with Crippen molar-refractivity contribution < 1.29 is 4.79 Å². The van der Waals surface area contributed by atoms with Gasteiger partial charge in [0.2, 0.25) is 5.91 Å². The van der Waals surface area contributed by atoms with E-state index in [1.807, 2.05) is 12.1 Å². The Hall–Kier alpha value is -2.87. The van der Waals surface area contributed by atoms with Crippen molar-refractivity contribution in [1.82, 2.24) is 5.32 Å². The molecule has 122 valence electrons. The third-order valence-corrected chi connectivity index (χ3v) is 5.65. The van der Waals surface area contributed by atoms with Crippen LogP contribution in [-0.2, 0) is 4.79 Å². The molecule has 0 saturated carbocycles. The van der Waals surface area contributed by atoms with E-state index >= 15 is 0 Å². The number of benzene rings is 2. The van der Waals surface area contributed by atoms with Crippen molar-refractivity contribution >= 4 is 17.1 Å². The standard InChI is InChI=1S/C23H19NO/c25-23-21-17-13-7-8-14-18(21)22(24-23)20(16-11-5-2-6-12-16)19(17)15-9-3-1-4-10-15/h1-14,17-18,21-22H,(H,24,25)/t17-,18+,21+,22-/m1/s1. The summed E-state index contributed by atoms with van der Waals surface area (Å²) in [4.78, 5) is 12.8. The molecule has 1 amide bonds. The molecule has 2 heteroatoms. The first-order valence-electron chi connectivity index (χ1n) is 8.85. The summed E-state index contributed by atoms with van der Waals surface area (Å²) in [6, 6.07) is 21.1. The first-order chi connectivity index (χ1) is 12.3. The molecular formula is C23H19NO. The van der Waals surface area contributed by atoms with Crippen LogP contribution in [0.3, 0.4) is 0 Å². The molecule has 1 heterocycles. The predicted molar refractivity (Wildman–Crippen MR) is 100 cm³/mol. The van der Waals surface area contributed by atoms with Gasteiger partial charge in [0.1, 0.15) is 0 Å². The first kappa shape index (κ1) is 14.5. The molecule has 3 aliphatic rings. The lowest BCUT2D eigenvalue weighted by Gasteiger charge is -2.35. The number of nitrogens with one attached hydrogen (secondary N) is 1. The van der Waals surface area contributed by atoms with E-state index in [-0.39, 0.29) is 29.7 Å². The summed E-state index contributed by atoms with van der Waals surface area (Å²) in [5, 5.41) is 3.28. The topological polar surface area (TPSA) is 29.1 Å². The Morgan fingerprint density at radius 2 is 1.32 bits per heavy atom. The molecule has 0 unspecified atom stereocenters. The van der Waals surface area contributed by atoms with Gasteiger partial charge >= 0.3 is 0 Å². The molecule has 1 saturated heterocycles. The van der Waals surface area contributed by atoms with E-state index in [9.17, 15) is 4.79 Å². The van der Waals surface area contributed by atoms with Gasteiger partial charge in [-0.3, -0.25) is 4.79 Å². The minimum absolute atomic E-state index is 0.0114. The van der Waals surface area contributed by atoms with Gasteiger partial charge in [0.05, 0.1) is 12.0 Å². The van der Waals surface area contributed by atoms with Crippen molar-refractivity contribution in [2.45, 2.75) is 6.04 Å². The molecule has 5 rings (SSSR count). The summed E-state index contributed by atoms with van der Waals surface area (Å²) in [5.74, 6) is 0.491. The summed E-state index contributed by atoms with van der Waals surface area (Å²) in [6.45, 7) is 0. The molecule has 0 radical (unpaired) electrons. The first-order valence-corrected chi connectivity index (χ1v) is 8.85. The van der Waals surface area contributed by atoms with Crippen LogP contribution in [0.1, 0.15) is 11.1 Å². The zero-order valence-corrected chi connectivity index (χ0v) is 13.8. The maximum Gasteiger partial charge on any atom is 0.225 e. The molecule has 1 fully saturated rings. The van der Waals surface area contributed by atoms with Gasteiger partial charge in [-0.2, -0.15) is 0 Å². The van der Waals surface area contributed by atoms with Crippen LogP contribution in [0.4, 0.5) is 0 Å². The maximum absolute atomic E-state index is 12.8. The number of carbonyl (C=O) groups is 1. The number of allylic oxidation sites excluding steroid dienone is 4. The number of hydrogen-bond acceptors (Lipinski definition) is 1. The van der Waals surface area contributed by atoms with Crippen LogP contribution in [0, 0.1) is 17.8 Å². The zero-order chi connectivity index (χ0) is 16.8. The number of rotatable bonds is 2. The third kappa shape index (κ3) is 2.14. The molecule has 4 atom stereocenters. The Morgan fingerprint density at radius 1 is 0.720 bits per heavy atom. The zero-order valence-electron chi connectivity index (χ0n) is 13.8. The highest BCUT2D eigenvalue weighted by atomic mass is 16.2. The van der Waals surface area contributed by atoms with E-state index in [0.717, 1.165) is 0 Å². The lowest BCUT2D eigenvalue weighted by molar-refractivity contribution is -0.123. The molecule has 0 spiro atoms. The van der Waals surface area contributed by atoms with Gasteiger partial charge in [-0.25, -0.2) is 0 Å². The quantitative estimate of drug-likeness (QED) is 0.885. The van der Waals surface area contributed by atoms with Crippen molar-refractivity contribution in [2.75, 3.05) is 0 Å². The van der Waals surface area contributed by atoms with Crippen molar-refractivity contribution in [1.29, 1.82) is 0 Å². The maximum atomic E-state index is 12.8. The van der Waals surface area contributed by atoms with E-state index in [1.54, 1.807) is 0 Å². The Labute approximate surface area is 147 Å². The van der Waals surface area contributed by atoms with Crippen LogP contribution in [0.2, 0.25) is 0 Å². The van der Waals surface area contributed by atoms with Gasteiger partial charge < -0.3 is 5.32 Å². The highest BCUT2D eigenvalue weighted by Gasteiger charge is 2.52. The summed E-state index contributed by atoms with van der Waals surface area (Å²) < 4.78 is 0. The predicted octanol–water partition coefficient (Wildman–Crippen LogP) is 4.08. The van der Waals surface area contributed by atoms with Gasteiger partial charge in [-0.1, -0.05) is 85.0 Å². The van der Waals surface area contributed by atoms with Crippen molar-refractivity contribution in [3.63, 3.8) is 0 Å². The minimum Gasteiger partial charge on any atom is -0.348 e. The van der Waals surface area contributed by atoms with Crippen LogP contribution < -0.4 is 5.32 Å². The average molecular weight is 325 g/mol. The van der Waals surface area contributed by atoms with Crippen LogP contribution in [0.5, 0.6) is 0 Å². The average Bonchev–Trinajstić information content (AvgIpc) is 2.80. The highest BCUT2D eigenvalue weighted by molar-refractivity contribution is 6.03. The third-order valence-electron chi connectivity index (χ3n) is 5.65. The SMILES string of the molecule is O=C1N[C@H]2C(c3ccccc3)=C(c3ccccc3)[C@H]3C=CC=C[C@H]2[C@@H]13. The van der Waals surface area contributed by atoms with E-state index in [1.165, 1.54) is 22.3 Å². The monoisotopic (exact) mass is 325 g/mol. The molecule has 1 aliphatic heterocycles. The van der Waals surface area contributed by atoms with Crippen molar-refractivity contribution in [3.05, 3.63) is 96.1 Å². The van der Waals surface area contributed by atoms with Crippen molar-refractivity contribution in [2.24, 2.45) is 17.8 Å². The van der Waals surface area contributed by atoms with Crippen LogP contribution in [-0.4, -0.2) is 11.9 Å². The Morgan fingerprint density at radius 3 is 2.00 bits per heavy atom. The van der Waals surface area contributed by atoms with E-state index < -0.39 is 0 Å². The molecule has 2 aromatic rings. The normalized spacial score (nSPS) is 29.5. The van der Waals surface area contributed by atoms with Gasteiger partial charge in [-0.15, -0.1) is 0 Å². The largest absolute Gasteiger partial charge is 0.348 e. The number of amides is 1. The lowest BCUT2D eigenvalue weighted by atomic mass is 9.66. The molecular weight excluding hydrogens is 306 g/mol. The van der Waals surface area contributed by atoms with E-state index in [4.69, 9.17) is 0 Å². The smallest absolute Gasteiger partial charge is 0.225 e. The van der Waals surface area contributed by atoms with Crippen LogP contribution >= 0.6 is 0 Å². The molecule has 4 bridgehead atoms. The molecule has 1 N–H and O–H groups in total. The Balaban J connectivity index is 1.82. The van der Waals surface area contributed by atoms with Crippen LogP contribution in [0.25, 0.3) is 11.1 Å². The van der Waals surface area contributed by atoms with Gasteiger partial charge in [-0.05, 0) is 22.3 Å². The second-order valence-electron chi connectivity index (χ2n) is 6.94. The second kappa shape index (κ2) is 5.59. The fourth-order valence-electron chi connectivity index (χ4n) is 4.66. The van der Waals surface area contributed by atoms with E-state index in [2.05, 4.69) is 78.2 Å². The fourth-order valence-corrected chi connectivity index (χ4v) is 4.66. The van der Waals surface area contributed by atoms with Gasteiger partial charge in [0.15, 0.2) is 0 Å². The lowest BCUT2D eigenvalue weighted by Crippen LogP contribution is -2.33. The summed E-state index contributed by atoms with van der Waals surface area (Å²) in [6.07, 6.45) is 8.60. The summed E-state index contributed by atoms with van der Waals surface area (Å²) in [7, 11) is 0. The van der Waals surface area contributed by atoms with E-state index in [0.29, 0.717) is 0 Å². The van der Waals surface area contributed by atoms with Gasteiger partial charge in [0, 0.05) is 11.8 Å². The molecule has 25 heavy (non-hydrogen) atoms. The second-order valence-corrected chi connectivity index (χ2v) is 6.94. The molecule has 0 aromatic heterocycles. The Bertz CT molecular complexity index is 908. The summed E-state index contributed by atoms with van der Waals surface area (Å²) in [5.41, 5.74) is 4.96. The molecule has 2 aromatic carbocycles. The number of carbonyl (C=O) groups excluding carboxylic acids is 1. The number of hydrogen-bond donors (Lipinski definition) is 1. The molecule has 2 nitrogen and oxygen atoms in total. The van der Waals surface area contributed by atoms with Crippen LogP contribution in [0.15, 0.2) is 85.0 Å². The fraction of sp³-hybridized carbons (Fsp3) is 0.174. The Kier molecular flexibility index (Phi) is 3.24. The highest BCUT2D eigenvalue weighted by Crippen LogP contribution is 2.52. The van der Waals surface area contributed by atoms with Crippen molar-refractivity contribution in [3.8, 4) is 0 Å².